The summed E-state index contributed by atoms with van der Waals surface area (Å²) in [6.45, 7) is 0.919. The van der Waals surface area contributed by atoms with Crippen LogP contribution in [0.25, 0.3) is 5.52 Å². The van der Waals surface area contributed by atoms with Crippen LogP contribution in [-0.2, 0) is 0 Å². The van der Waals surface area contributed by atoms with E-state index in [9.17, 15) is 22.4 Å². The molecule has 1 aliphatic carbocycles. The average Bonchev–Trinajstić information content (AvgIpc) is 3.47. The van der Waals surface area contributed by atoms with Gasteiger partial charge in [-0.15, -0.1) is 0 Å². The van der Waals surface area contributed by atoms with Gasteiger partial charge in [-0.3, -0.25) is 0 Å². The van der Waals surface area contributed by atoms with E-state index in [4.69, 9.17) is 0 Å². The number of likely N-dealkylation sites (tertiary alicyclic amines) is 1. The number of hydrogen-bond acceptors (Lipinski definition) is 5. The number of fused-ring (bicyclic) bond motifs is 1. The molecule has 196 valence electrons. The number of halogens is 4. The van der Waals surface area contributed by atoms with E-state index in [0.717, 1.165) is 12.8 Å². The van der Waals surface area contributed by atoms with Crippen LogP contribution in [0, 0.1) is 11.8 Å². The van der Waals surface area contributed by atoms with Crippen molar-refractivity contribution in [1.29, 1.82) is 0 Å². The Hall–Kier alpha value is -3.07. The van der Waals surface area contributed by atoms with Crippen LogP contribution >= 0.6 is 0 Å². The van der Waals surface area contributed by atoms with Crippen molar-refractivity contribution in [1.82, 2.24) is 29.6 Å². The van der Waals surface area contributed by atoms with Gasteiger partial charge in [0.2, 0.25) is 0 Å². The number of carbonyl (C=O) groups excluding carboxylic acids is 1. The van der Waals surface area contributed by atoms with Gasteiger partial charge in [0.1, 0.15) is 0 Å². The number of alkyl halides is 4. The molecule has 2 fully saturated rings. The zero-order chi connectivity index (χ0) is 26.2. The van der Waals surface area contributed by atoms with Crippen molar-refractivity contribution in [2.75, 3.05) is 32.0 Å². The number of aromatic nitrogens is 4. The molecule has 8 nitrogen and oxygen atoms in total. The number of amides is 1. The van der Waals surface area contributed by atoms with Crippen LogP contribution in [-0.4, -0.2) is 89.1 Å². The van der Waals surface area contributed by atoms with Crippen molar-refractivity contribution >= 4 is 36.7 Å². The molecule has 0 radical (unpaired) electrons. The summed E-state index contributed by atoms with van der Waals surface area (Å²) in [5, 5.41) is 9.87. The molecule has 1 saturated carbocycles. The first-order valence-corrected chi connectivity index (χ1v) is 13.6. The quantitative estimate of drug-likeness (QED) is 0.264. The molecule has 3 aromatic heterocycles. The molecule has 0 unspecified atom stereocenters. The molecule has 4 heterocycles. The number of pyridine rings is 1. The maximum absolute atomic E-state index is 14.6. The number of carbonyl (C=O) groups is 1. The van der Waals surface area contributed by atoms with Gasteiger partial charge in [0.15, 0.2) is 0 Å². The van der Waals surface area contributed by atoms with Crippen molar-refractivity contribution in [3.8, 4) is 11.8 Å². The fourth-order valence-corrected chi connectivity index (χ4v) is 5.64. The van der Waals surface area contributed by atoms with E-state index < -0.39 is 32.2 Å². The second-order valence-corrected chi connectivity index (χ2v) is 11.4. The van der Waals surface area contributed by atoms with Crippen molar-refractivity contribution in [2.45, 2.75) is 42.6 Å². The summed E-state index contributed by atoms with van der Waals surface area (Å²) >= 11 is -1.89. The fraction of sp³-hybridized carbons (Fsp3) is 0.458. The Bertz CT molecular complexity index is 1350. The van der Waals surface area contributed by atoms with Crippen LogP contribution in [0.3, 0.4) is 0 Å². The molecule has 1 saturated heterocycles. The summed E-state index contributed by atoms with van der Waals surface area (Å²) in [4.78, 5) is 14.2. The number of hydrogen-bond donors (Lipinski definition) is 2. The summed E-state index contributed by atoms with van der Waals surface area (Å²) < 4.78 is 58.0. The predicted octanol–water partition coefficient (Wildman–Crippen LogP) is 1.95. The van der Waals surface area contributed by atoms with Crippen molar-refractivity contribution in [2.24, 2.45) is 0 Å². The van der Waals surface area contributed by atoms with Gasteiger partial charge in [-0.2, -0.15) is 0 Å². The van der Waals surface area contributed by atoms with Gasteiger partial charge < -0.3 is 0 Å². The Kier molecular flexibility index (Phi) is 7.16. The van der Waals surface area contributed by atoms with E-state index in [1.54, 1.807) is 29.1 Å². The molecule has 5 rings (SSSR count). The van der Waals surface area contributed by atoms with Crippen molar-refractivity contribution in [3.63, 3.8) is 0 Å². The molecule has 0 bridgehead atoms. The number of piperidine rings is 1. The van der Waals surface area contributed by atoms with Gasteiger partial charge in [-0.1, -0.05) is 0 Å². The Morgan fingerprint density at radius 1 is 1.27 bits per heavy atom. The van der Waals surface area contributed by atoms with Crippen molar-refractivity contribution in [3.05, 3.63) is 41.9 Å². The third kappa shape index (κ3) is 6.09. The Balaban J connectivity index is 1.35. The summed E-state index contributed by atoms with van der Waals surface area (Å²) in [7, 11) is 1.84. The van der Waals surface area contributed by atoms with Crippen LogP contribution in [0.4, 0.5) is 23.4 Å². The summed E-state index contributed by atoms with van der Waals surface area (Å²) in [5.74, 6) is 5.46. The third-order valence-corrected chi connectivity index (χ3v) is 7.99. The molecule has 0 aromatic carbocycles. The number of nitrogens with one attached hydrogen (secondary N) is 2. The van der Waals surface area contributed by atoms with Crippen molar-refractivity contribution < 1.29 is 22.4 Å². The third-order valence-electron chi connectivity index (χ3n) is 6.24. The summed E-state index contributed by atoms with van der Waals surface area (Å²) in [5.41, 5.74) is 0.660. The molecular formula is C24H25F4N7OSe. The van der Waals surface area contributed by atoms with Crippen LogP contribution in [0.5, 0.6) is 0 Å². The molecule has 37 heavy (non-hydrogen) atoms. The monoisotopic (exact) mass is 583 g/mol. The minimum absolute atomic E-state index is 0.00615. The molecule has 0 spiro atoms. The first-order chi connectivity index (χ1) is 17.7. The zero-order valence-electron chi connectivity index (χ0n) is 19.9. The topological polar surface area (TPSA) is 79.5 Å². The standard InChI is InChI=1S/C24H25F4N7OSe/c1-33-11-9-18(17(25)14-33)31-21-6-2-5-20-22(37-24(26,27)28)19(32-35(20)21)4-3-10-29-23(36)15-12-30-34(13-15)16-7-8-16/h2,5-6,12-13,16-18,31H,7-11,14H2,1H3,(H,29,36)/t17-,18+/m0/s1. The minimum atomic E-state index is -4.41. The van der Waals surface area contributed by atoms with Crippen LogP contribution in [0.1, 0.15) is 41.4 Å². The van der Waals surface area contributed by atoms with Crippen LogP contribution in [0.2, 0.25) is 0 Å². The number of anilines is 1. The average molecular weight is 582 g/mol. The van der Waals surface area contributed by atoms with Crippen LogP contribution < -0.4 is 15.1 Å². The molecule has 2 N–H and O–H groups in total. The normalized spacial score (nSPS) is 20.5. The summed E-state index contributed by atoms with van der Waals surface area (Å²) in [6.07, 6.45) is 4.67. The maximum atomic E-state index is 14.6. The molecule has 2 aliphatic rings. The SMILES string of the molecule is CN1CC[C@@H](Nc2cccc3c([Se]C(F)(F)F)c(C#CCNC(=O)c4cnn(C5CC5)c4)nn23)[C@@H](F)C1. The second kappa shape index (κ2) is 10.4. The first kappa shape index (κ1) is 25.6. The van der Waals surface area contributed by atoms with E-state index in [2.05, 4.69) is 32.7 Å². The van der Waals surface area contributed by atoms with Gasteiger partial charge in [0.05, 0.1) is 0 Å². The molecule has 1 amide bonds. The van der Waals surface area contributed by atoms with Gasteiger partial charge in [-0.25, -0.2) is 0 Å². The molecule has 2 atom stereocenters. The van der Waals surface area contributed by atoms with E-state index in [-0.39, 0.29) is 34.7 Å². The van der Waals surface area contributed by atoms with E-state index >= 15 is 0 Å². The fourth-order valence-electron chi connectivity index (χ4n) is 4.21. The molecule has 3 aromatic rings. The second-order valence-electron chi connectivity index (χ2n) is 9.18. The Morgan fingerprint density at radius 3 is 2.81 bits per heavy atom. The zero-order valence-corrected chi connectivity index (χ0v) is 21.6. The molecule has 1 aliphatic heterocycles. The Morgan fingerprint density at radius 2 is 2.08 bits per heavy atom. The van der Waals surface area contributed by atoms with Gasteiger partial charge in [-0.05, 0) is 0 Å². The molecular weight excluding hydrogens is 557 g/mol. The Labute approximate surface area is 216 Å². The van der Waals surface area contributed by atoms with Gasteiger partial charge >= 0.3 is 217 Å². The van der Waals surface area contributed by atoms with E-state index in [0.29, 0.717) is 30.4 Å². The number of rotatable bonds is 6. The van der Waals surface area contributed by atoms with Gasteiger partial charge in [0, 0.05) is 0 Å². The van der Waals surface area contributed by atoms with Gasteiger partial charge in [0.25, 0.3) is 0 Å². The first-order valence-electron chi connectivity index (χ1n) is 11.9. The van der Waals surface area contributed by atoms with E-state index in [1.807, 2.05) is 11.9 Å². The number of nitrogens with zero attached hydrogens (tertiary/aromatic N) is 5. The summed E-state index contributed by atoms with van der Waals surface area (Å²) in [6, 6.07) is 4.70. The molecule has 13 heteroatoms. The predicted molar refractivity (Wildman–Crippen MR) is 131 cm³/mol. The van der Waals surface area contributed by atoms with E-state index in [1.165, 1.54) is 10.7 Å². The van der Waals surface area contributed by atoms with Crippen LogP contribution in [0.15, 0.2) is 30.6 Å².